The number of primary amides is 1. The van der Waals surface area contributed by atoms with E-state index >= 15 is 0 Å². The number of benzene rings is 3. The predicted molar refractivity (Wildman–Crippen MR) is 122 cm³/mol. The maximum absolute atomic E-state index is 12.9. The number of hydrogen-bond acceptors (Lipinski definition) is 5. The van der Waals surface area contributed by atoms with Gasteiger partial charge in [0.25, 0.3) is 0 Å². The number of hydrogen-bond donors (Lipinski definition) is 4. The fourth-order valence-corrected chi connectivity index (χ4v) is 4.53. The number of rotatable bonds is 10. The van der Waals surface area contributed by atoms with Crippen LogP contribution in [0.15, 0.2) is 77.7 Å². The van der Waals surface area contributed by atoms with Crippen LogP contribution in [0.3, 0.4) is 0 Å². The molecule has 0 saturated heterocycles. The lowest BCUT2D eigenvalue weighted by molar-refractivity contribution is -0.139. The van der Waals surface area contributed by atoms with Gasteiger partial charge >= 0.3 is 5.97 Å². The van der Waals surface area contributed by atoms with Crippen molar-refractivity contribution in [3.8, 4) is 0 Å². The average Bonchev–Trinajstić information content (AvgIpc) is 2.78. The summed E-state index contributed by atoms with van der Waals surface area (Å²) in [5.74, 6) is -3.20. The van der Waals surface area contributed by atoms with Crippen molar-refractivity contribution < 1.29 is 27.9 Å². The maximum atomic E-state index is 12.9. The summed E-state index contributed by atoms with van der Waals surface area (Å²) in [4.78, 5) is 35.9. The van der Waals surface area contributed by atoms with E-state index < -0.39 is 46.3 Å². The van der Waals surface area contributed by atoms with Crippen LogP contribution in [-0.2, 0) is 30.8 Å². The molecule has 0 radical (unpaired) electrons. The zero-order valence-corrected chi connectivity index (χ0v) is 18.3. The first-order valence-corrected chi connectivity index (χ1v) is 11.5. The highest BCUT2D eigenvalue weighted by Crippen LogP contribution is 2.19. The van der Waals surface area contributed by atoms with Gasteiger partial charge in [0, 0.05) is 6.42 Å². The largest absolute Gasteiger partial charge is 0.481 e. The SMILES string of the molecule is NC(=O)C(Cc1ccccc1)NC(=O)[C@H](CC(=O)O)NS(=O)(=O)c1ccc2ccccc2c1. The molecular weight excluding hydrogens is 446 g/mol. The third-order valence-electron chi connectivity index (χ3n) is 4.97. The molecule has 0 aliphatic rings. The molecule has 3 aromatic rings. The van der Waals surface area contributed by atoms with Crippen molar-refractivity contribution in [2.75, 3.05) is 0 Å². The van der Waals surface area contributed by atoms with Gasteiger partial charge in [0.2, 0.25) is 21.8 Å². The number of nitrogens with two attached hydrogens (primary N) is 1. The van der Waals surface area contributed by atoms with Gasteiger partial charge in [-0.15, -0.1) is 0 Å². The number of carbonyl (C=O) groups excluding carboxylic acids is 2. The standard InChI is InChI=1S/C23H23N3O6S/c24-22(29)19(12-15-6-2-1-3-7-15)25-23(30)20(14-21(27)28)26-33(31,32)18-11-10-16-8-4-5-9-17(16)13-18/h1-11,13,19-20,26H,12,14H2,(H2,24,29)(H,25,30)(H,27,28)/t19?,20-/m0/s1. The van der Waals surface area contributed by atoms with Gasteiger partial charge in [-0.05, 0) is 28.5 Å². The second-order valence-corrected chi connectivity index (χ2v) is 9.15. The van der Waals surface area contributed by atoms with Crippen LogP contribution in [0.5, 0.6) is 0 Å². The number of fused-ring (bicyclic) bond motifs is 1. The lowest BCUT2D eigenvalue weighted by Crippen LogP contribution is -2.54. The quantitative estimate of drug-likeness (QED) is 0.349. The van der Waals surface area contributed by atoms with E-state index in [1.807, 2.05) is 12.1 Å². The van der Waals surface area contributed by atoms with Crippen molar-refractivity contribution >= 4 is 38.6 Å². The molecule has 0 aliphatic heterocycles. The van der Waals surface area contributed by atoms with Crippen molar-refractivity contribution in [2.24, 2.45) is 5.73 Å². The van der Waals surface area contributed by atoms with Gasteiger partial charge in [-0.3, -0.25) is 14.4 Å². The lowest BCUT2D eigenvalue weighted by Gasteiger charge is -2.21. The van der Waals surface area contributed by atoms with Gasteiger partial charge in [0.15, 0.2) is 0 Å². The summed E-state index contributed by atoms with van der Waals surface area (Å²) in [5.41, 5.74) is 6.11. The predicted octanol–water partition coefficient (Wildman–Crippen LogP) is 1.17. The van der Waals surface area contributed by atoms with Crippen molar-refractivity contribution in [1.29, 1.82) is 0 Å². The second-order valence-electron chi connectivity index (χ2n) is 7.43. The molecule has 0 bridgehead atoms. The van der Waals surface area contributed by atoms with E-state index in [0.717, 1.165) is 5.39 Å². The highest BCUT2D eigenvalue weighted by molar-refractivity contribution is 7.89. The number of amides is 2. The third kappa shape index (κ3) is 6.37. The van der Waals surface area contributed by atoms with E-state index in [4.69, 9.17) is 5.73 Å². The third-order valence-corrected chi connectivity index (χ3v) is 6.44. The van der Waals surface area contributed by atoms with Gasteiger partial charge in [-0.2, -0.15) is 4.72 Å². The molecule has 1 unspecified atom stereocenters. The normalized spacial score (nSPS) is 13.2. The number of aliphatic carboxylic acids is 1. The summed E-state index contributed by atoms with van der Waals surface area (Å²) in [5, 5.41) is 13.1. The summed E-state index contributed by atoms with van der Waals surface area (Å²) in [6.45, 7) is 0. The van der Waals surface area contributed by atoms with Crippen molar-refractivity contribution in [2.45, 2.75) is 29.8 Å². The van der Waals surface area contributed by atoms with E-state index in [1.54, 1.807) is 48.5 Å². The summed E-state index contributed by atoms with van der Waals surface area (Å²) < 4.78 is 28.0. The number of carbonyl (C=O) groups is 3. The van der Waals surface area contributed by atoms with Crippen LogP contribution < -0.4 is 15.8 Å². The molecular formula is C23H23N3O6S. The molecule has 0 spiro atoms. The maximum Gasteiger partial charge on any atom is 0.305 e. The monoisotopic (exact) mass is 469 g/mol. The zero-order chi connectivity index (χ0) is 24.0. The van der Waals surface area contributed by atoms with Crippen LogP contribution in [0.4, 0.5) is 0 Å². The molecule has 3 aromatic carbocycles. The first-order valence-electron chi connectivity index (χ1n) is 10.0. The van der Waals surface area contributed by atoms with E-state index in [-0.39, 0.29) is 11.3 Å². The molecule has 0 heterocycles. The molecule has 5 N–H and O–H groups in total. The highest BCUT2D eigenvalue weighted by Gasteiger charge is 2.30. The van der Waals surface area contributed by atoms with Crippen LogP contribution >= 0.6 is 0 Å². The first-order chi connectivity index (χ1) is 15.7. The fraction of sp³-hybridized carbons (Fsp3) is 0.174. The molecule has 0 aromatic heterocycles. The van der Waals surface area contributed by atoms with Gasteiger partial charge in [0.05, 0.1) is 11.3 Å². The molecule has 172 valence electrons. The first kappa shape index (κ1) is 23.9. The lowest BCUT2D eigenvalue weighted by atomic mass is 10.0. The Hall–Kier alpha value is -3.76. The summed E-state index contributed by atoms with van der Waals surface area (Å²) >= 11 is 0. The Morgan fingerprint density at radius 3 is 2.15 bits per heavy atom. The minimum absolute atomic E-state index is 0.0686. The van der Waals surface area contributed by atoms with Crippen molar-refractivity contribution in [3.63, 3.8) is 0 Å². The number of carboxylic acid groups (broad SMARTS) is 1. The molecule has 10 heteroatoms. The summed E-state index contributed by atoms with van der Waals surface area (Å²) in [6, 6.07) is 17.5. The van der Waals surface area contributed by atoms with Gasteiger partial charge in [-0.25, -0.2) is 8.42 Å². The number of carboxylic acids is 1. The zero-order valence-electron chi connectivity index (χ0n) is 17.5. The Labute approximate surface area is 190 Å². The molecule has 2 atom stereocenters. The minimum atomic E-state index is -4.25. The summed E-state index contributed by atoms with van der Waals surface area (Å²) in [6.07, 6.45) is -0.755. The summed E-state index contributed by atoms with van der Waals surface area (Å²) in [7, 11) is -4.25. The van der Waals surface area contributed by atoms with Crippen LogP contribution in [0.1, 0.15) is 12.0 Å². The van der Waals surface area contributed by atoms with Crippen LogP contribution in [-0.4, -0.2) is 43.4 Å². The molecule has 0 fully saturated rings. The van der Waals surface area contributed by atoms with E-state index in [2.05, 4.69) is 10.0 Å². The Kier molecular flexibility index (Phi) is 7.41. The Morgan fingerprint density at radius 2 is 1.52 bits per heavy atom. The molecule has 3 rings (SSSR count). The van der Waals surface area contributed by atoms with Crippen LogP contribution in [0.2, 0.25) is 0 Å². The minimum Gasteiger partial charge on any atom is -0.481 e. The Morgan fingerprint density at radius 1 is 0.879 bits per heavy atom. The fourth-order valence-electron chi connectivity index (χ4n) is 3.30. The molecule has 2 amide bonds. The van der Waals surface area contributed by atoms with Gasteiger partial charge in [-0.1, -0.05) is 60.7 Å². The molecule has 0 saturated carbocycles. The van der Waals surface area contributed by atoms with Crippen LogP contribution in [0, 0.1) is 0 Å². The van der Waals surface area contributed by atoms with E-state index in [9.17, 15) is 27.9 Å². The van der Waals surface area contributed by atoms with Crippen molar-refractivity contribution in [1.82, 2.24) is 10.0 Å². The molecule has 33 heavy (non-hydrogen) atoms. The topological polar surface area (TPSA) is 156 Å². The van der Waals surface area contributed by atoms with Crippen molar-refractivity contribution in [3.05, 3.63) is 78.4 Å². The van der Waals surface area contributed by atoms with E-state index in [1.165, 1.54) is 12.1 Å². The van der Waals surface area contributed by atoms with E-state index in [0.29, 0.717) is 10.9 Å². The smallest absolute Gasteiger partial charge is 0.305 e. The molecule has 9 nitrogen and oxygen atoms in total. The number of nitrogens with one attached hydrogen (secondary N) is 2. The van der Waals surface area contributed by atoms with Gasteiger partial charge in [0.1, 0.15) is 12.1 Å². The highest BCUT2D eigenvalue weighted by atomic mass is 32.2. The van der Waals surface area contributed by atoms with Crippen LogP contribution in [0.25, 0.3) is 10.8 Å². The Bertz CT molecular complexity index is 1280. The average molecular weight is 470 g/mol. The second kappa shape index (κ2) is 10.2. The van der Waals surface area contributed by atoms with Gasteiger partial charge < -0.3 is 16.2 Å². The number of sulfonamides is 1. The Balaban J connectivity index is 1.81. The molecule has 0 aliphatic carbocycles.